The zero-order valence-electron chi connectivity index (χ0n) is 11.0. The highest BCUT2D eigenvalue weighted by Gasteiger charge is 2.35. The van der Waals surface area contributed by atoms with Crippen molar-refractivity contribution in [2.75, 3.05) is 6.61 Å². The smallest absolute Gasteiger partial charge is 0.174 e. The van der Waals surface area contributed by atoms with Crippen molar-refractivity contribution >= 4 is 0 Å². The summed E-state index contributed by atoms with van der Waals surface area (Å²) in [6.45, 7) is 4.54. The van der Waals surface area contributed by atoms with Crippen LogP contribution in [-0.4, -0.2) is 12.6 Å². The van der Waals surface area contributed by atoms with Crippen LogP contribution < -0.4 is 10.1 Å². The second kappa shape index (κ2) is 5.88. The molecule has 3 atom stereocenters. The Bertz CT molecular complexity index is 421. The van der Waals surface area contributed by atoms with Gasteiger partial charge in [-0.25, -0.2) is 0 Å². The van der Waals surface area contributed by atoms with Crippen LogP contribution in [0.2, 0.25) is 0 Å². The van der Waals surface area contributed by atoms with Gasteiger partial charge in [-0.3, -0.25) is 0 Å². The quantitative estimate of drug-likeness (QED) is 0.836. The molecule has 3 nitrogen and oxygen atoms in total. The van der Waals surface area contributed by atoms with E-state index in [0.717, 1.165) is 11.7 Å². The molecule has 0 aromatic heterocycles. The molecule has 0 spiro atoms. The van der Waals surface area contributed by atoms with Crippen molar-refractivity contribution in [1.29, 1.82) is 5.26 Å². The van der Waals surface area contributed by atoms with Crippen molar-refractivity contribution in [3.05, 3.63) is 29.8 Å². The largest absolute Gasteiger partial charge is 0.479 e. The van der Waals surface area contributed by atoms with Crippen LogP contribution >= 0.6 is 0 Å². The average Bonchev–Trinajstić information content (AvgIpc) is 3.15. The van der Waals surface area contributed by atoms with Gasteiger partial charge in [0.2, 0.25) is 0 Å². The fourth-order valence-electron chi connectivity index (χ4n) is 2.29. The van der Waals surface area contributed by atoms with E-state index in [1.807, 2.05) is 18.2 Å². The molecule has 1 aromatic rings. The first-order chi connectivity index (χ1) is 8.74. The normalized spacial score (nSPS) is 23.2. The number of nitrogens with one attached hydrogen (secondary N) is 1. The van der Waals surface area contributed by atoms with Crippen LogP contribution in [0.15, 0.2) is 24.3 Å². The summed E-state index contributed by atoms with van der Waals surface area (Å²) in [5, 5.41) is 12.1. The van der Waals surface area contributed by atoms with Gasteiger partial charge in [0, 0.05) is 12.1 Å². The second-order valence-electron chi connectivity index (χ2n) is 4.91. The Labute approximate surface area is 109 Å². The van der Waals surface area contributed by atoms with Gasteiger partial charge in [0.15, 0.2) is 6.61 Å². The number of nitriles is 1. The molecule has 0 radical (unpaired) electrons. The van der Waals surface area contributed by atoms with E-state index in [9.17, 15) is 0 Å². The Morgan fingerprint density at radius 3 is 2.72 bits per heavy atom. The Balaban J connectivity index is 1.87. The Hall–Kier alpha value is -1.53. The van der Waals surface area contributed by atoms with Gasteiger partial charge in [0.1, 0.15) is 11.8 Å². The van der Waals surface area contributed by atoms with Crippen molar-refractivity contribution < 1.29 is 4.74 Å². The van der Waals surface area contributed by atoms with Crippen LogP contribution in [0.4, 0.5) is 0 Å². The molecule has 1 aliphatic rings. The molecule has 0 saturated heterocycles. The SMILES string of the molecule is CCC1CC1NC(C)c1ccc(OCC#N)cc1. The number of nitrogens with zero attached hydrogens (tertiary/aromatic N) is 1. The Kier molecular flexibility index (Phi) is 4.22. The van der Waals surface area contributed by atoms with Crippen LogP contribution in [0.25, 0.3) is 0 Å². The van der Waals surface area contributed by atoms with Crippen molar-refractivity contribution in [3.8, 4) is 11.8 Å². The van der Waals surface area contributed by atoms with Crippen LogP contribution in [0, 0.1) is 17.2 Å². The van der Waals surface area contributed by atoms with Gasteiger partial charge < -0.3 is 10.1 Å². The number of hydrogen-bond acceptors (Lipinski definition) is 3. The third-order valence-corrected chi connectivity index (χ3v) is 3.59. The lowest BCUT2D eigenvalue weighted by molar-refractivity contribution is 0.368. The van der Waals surface area contributed by atoms with E-state index in [-0.39, 0.29) is 6.61 Å². The van der Waals surface area contributed by atoms with E-state index in [4.69, 9.17) is 10.00 Å². The van der Waals surface area contributed by atoms with Crippen LogP contribution in [0.5, 0.6) is 5.75 Å². The number of benzene rings is 1. The van der Waals surface area contributed by atoms with E-state index in [1.165, 1.54) is 18.4 Å². The molecule has 0 bridgehead atoms. The maximum absolute atomic E-state index is 8.44. The summed E-state index contributed by atoms with van der Waals surface area (Å²) in [6.07, 6.45) is 2.58. The summed E-state index contributed by atoms with van der Waals surface area (Å²) >= 11 is 0. The molecule has 18 heavy (non-hydrogen) atoms. The van der Waals surface area contributed by atoms with Gasteiger partial charge in [-0.05, 0) is 37.0 Å². The molecule has 1 fully saturated rings. The molecular formula is C15H20N2O. The minimum Gasteiger partial charge on any atom is -0.479 e. The number of ether oxygens (including phenoxy) is 1. The molecule has 0 heterocycles. The molecule has 1 saturated carbocycles. The molecule has 3 heteroatoms. The standard InChI is InChI=1S/C15H20N2O/c1-3-12-10-15(12)17-11(2)13-4-6-14(7-5-13)18-9-8-16/h4-7,11-12,15,17H,3,9-10H2,1-2H3. The van der Waals surface area contributed by atoms with Gasteiger partial charge in [0.05, 0.1) is 0 Å². The highest BCUT2D eigenvalue weighted by molar-refractivity contribution is 5.29. The number of hydrogen-bond donors (Lipinski definition) is 1. The highest BCUT2D eigenvalue weighted by Crippen LogP contribution is 2.35. The maximum Gasteiger partial charge on any atom is 0.174 e. The van der Waals surface area contributed by atoms with Crippen molar-refractivity contribution in [2.24, 2.45) is 5.92 Å². The Morgan fingerprint density at radius 2 is 2.17 bits per heavy atom. The molecular weight excluding hydrogens is 224 g/mol. The third kappa shape index (κ3) is 3.24. The van der Waals surface area contributed by atoms with Crippen LogP contribution in [0.3, 0.4) is 0 Å². The summed E-state index contributed by atoms with van der Waals surface area (Å²) in [7, 11) is 0. The third-order valence-electron chi connectivity index (χ3n) is 3.59. The van der Waals surface area contributed by atoms with Crippen molar-refractivity contribution in [1.82, 2.24) is 5.32 Å². The minimum absolute atomic E-state index is 0.105. The lowest BCUT2D eigenvalue weighted by Crippen LogP contribution is -2.22. The molecule has 0 amide bonds. The monoisotopic (exact) mass is 244 g/mol. The predicted molar refractivity (Wildman–Crippen MR) is 71.3 cm³/mol. The predicted octanol–water partition coefficient (Wildman–Crippen LogP) is 3.04. The van der Waals surface area contributed by atoms with Crippen molar-refractivity contribution in [3.63, 3.8) is 0 Å². The molecule has 3 unspecified atom stereocenters. The summed E-state index contributed by atoms with van der Waals surface area (Å²) in [5.74, 6) is 1.62. The second-order valence-corrected chi connectivity index (χ2v) is 4.91. The first-order valence-electron chi connectivity index (χ1n) is 6.60. The molecule has 1 aliphatic carbocycles. The highest BCUT2D eigenvalue weighted by atomic mass is 16.5. The molecule has 96 valence electrons. The average molecular weight is 244 g/mol. The van der Waals surface area contributed by atoms with Crippen LogP contribution in [0.1, 0.15) is 38.3 Å². The van der Waals surface area contributed by atoms with Gasteiger partial charge in [0.25, 0.3) is 0 Å². The van der Waals surface area contributed by atoms with E-state index in [2.05, 4.69) is 31.3 Å². The van der Waals surface area contributed by atoms with Crippen molar-refractivity contribution in [2.45, 2.75) is 38.8 Å². The summed E-state index contributed by atoms with van der Waals surface area (Å²) in [4.78, 5) is 0. The molecule has 0 aliphatic heterocycles. The lowest BCUT2D eigenvalue weighted by Gasteiger charge is -2.14. The minimum atomic E-state index is 0.105. The van der Waals surface area contributed by atoms with Crippen LogP contribution in [-0.2, 0) is 0 Å². The van der Waals surface area contributed by atoms with E-state index >= 15 is 0 Å². The fourth-order valence-corrected chi connectivity index (χ4v) is 2.29. The van der Waals surface area contributed by atoms with E-state index in [1.54, 1.807) is 0 Å². The first kappa shape index (κ1) is 12.9. The zero-order chi connectivity index (χ0) is 13.0. The fraction of sp³-hybridized carbons (Fsp3) is 0.533. The van der Waals surface area contributed by atoms with Gasteiger partial charge in [-0.1, -0.05) is 25.5 Å². The van der Waals surface area contributed by atoms with E-state index in [0.29, 0.717) is 12.1 Å². The summed E-state index contributed by atoms with van der Waals surface area (Å²) in [6, 6.07) is 11.0. The summed E-state index contributed by atoms with van der Waals surface area (Å²) < 4.78 is 5.24. The molecule has 1 N–H and O–H groups in total. The first-order valence-corrected chi connectivity index (χ1v) is 6.60. The van der Waals surface area contributed by atoms with Gasteiger partial charge in [-0.2, -0.15) is 5.26 Å². The topological polar surface area (TPSA) is 45.0 Å². The maximum atomic E-state index is 8.44. The zero-order valence-corrected chi connectivity index (χ0v) is 11.0. The number of rotatable bonds is 6. The molecule has 1 aromatic carbocycles. The molecule has 2 rings (SSSR count). The lowest BCUT2D eigenvalue weighted by atomic mass is 10.1. The Morgan fingerprint density at radius 1 is 1.44 bits per heavy atom. The van der Waals surface area contributed by atoms with E-state index < -0.39 is 0 Å². The van der Waals surface area contributed by atoms with Gasteiger partial charge in [-0.15, -0.1) is 0 Å². The van der Waals surface area contributed by atoms with Gasteiger partial charge >= 0.3 is 0 Å². The summed E-state index contributed by atoms with van der Waals surface area (Å²) in [5.41, 5.74) is 1.26.